The molecule has 2 heterocycles. The monoisotopic (exact) mass is 425 g/mol. The molecule has 0 saturated carbocycles. The third-order valence-electron chi connectivity index (χ3n) is 5.56. The fraction of sp³-hybridized carbons (Fsp3) is 0.217. The van der Waals surface area contributed by atoms with Gasteiger partial charge in [0.1, 0.15) is 5.82 Å². The maximum atomic E-state index is 13.9. The van der Waals surface area contributed by atoms with E-state index in [2.05, 4.69) is 34.4 Å². The van der Waals surface area contributed by atoms with E-state index in [9.17, 15) is 14.3 Å². The molecule has 0 fully saturated rings. The minimum atomic E-state index is -0.989. The third-order valence-corrected chi connectivity index (χ3v) is 5.86. The van der Waals surface area contributed by atoms with E-state index in [1.54, 1.807) is 6.07 Å². The quantitative estimate of drug-likeness (QED) is 0.609. The zero-order valence-corrected chi connectivity index (χ0v) is 17.2. The van der Waals surface area contributed by atoms with Gasteiger partial charge < -0.3 is 10.4 Å². The molecule has 2 N–H and O–H groups in total. The van der Waals surface area contributed by atoms with Crippen LogP contribution in [0.3, 0.4) is 0 Å². The molecule has 1 aliphatic rings. The lowest BCUT2D eigenvalue weighted by atomic mass is 9.89. The molecule has 7 heteroatoms. The maximum absolute atomic E-state index is 13.9. The van der Waals surface area contributed by atoms with Crippen LogP contribution in [0.2, 0.25) is 5.02 Å². The van der Waals surface area contributed by atoms with Crippen molar-refractivity contribution in [3.8, 4) is 11.1 Å². The lowest BCUT2D eigenvalue weighted by Crippen LogP contribution is -2.36. The Hall–Kier alpha value is -2.96. The number of benzene rings is 2. The Balaban J connectivity index is 1.60. The molecule has 0 saturated heterocycles. The van der Waals surface area contributed by atoms with Crippen molar-refractivity contribution < 1.29 is 14.3 Å². The first kappa shape index (κ1) is 20.3. The highest BCUT2D eigenvalue weighted by atomic mass is 35.5. The number of hydrogen-bond donors (Lipinski definition) is 2. The van der Waals surface area contributed by atoms with Crippen LogP contribution in [-0.2, 0) is 6.42 Å². The van der Waals surface area contributed by atoms with Crippen LogP contribution in [0, 0.1) is 5.82 Å². The number of halogens is 2. The number of aromatic nitrogens is 1. The van der Waals surface area contributed by atoms with Crippen LogP contribution >= 0.6 is 11.6 Å². The predicted octanol–water partition coefficient (Wildman–Crippen LogP) is 4.88. The first-order valence-electron chi connectivity index (χ1n) is 9.63. The van der Waals surface area contributed by atoms with Gasteiger partial charge in [-0.1, -0.05) is 35.9 Å². The Morgan fingerprint density at radius 2 is 2.03 bits per heavy atom. The second-order valence-electron chi connectivity index (χ2n) is 7.40. The summed E-state index contributed by atoms with van der Waals surface area (Å²) in [4.78, 5) is 17.7. The summed E-state index contributed by atoms with van der Waals surface area (Å²) in [6, 6.07) is 12.6. The number of hydrogen-bond acceptors (Lipinski definition) is 4. The maximum Gasteiger partial charge on any atom is 0.337 e. The molecule has 5 nitrogen and oxygen atoms in total. The van der Waals surface area contributed by atoms with Crippen LogP contribution < -0.4 is 5.32 Å². The third kappa shape index (κ3) is 4.01. The average molecular weight is 426 g/mol. The van der Waals surface area contributed by atoms with Crippen molar-refractivity contribution in [3.63, 3.8) is 0 Å². The molecular formula is C23H21ClFN3O2. The summed E-state index contributed by atoms with van der Waals surface area (Å²) in [5.74, 6) is -1.42. The first-order valence-corrected chi connectivity index (χ1v) is 10.0. The summed E-state index contributed by atoms with van der Waals surface area (Å²) in [7, 11) is 2.05. The topological polar surface area (TPSA) is 65.5 Å². The number of fused-ring (bicyclic) bond motifs is 1. The van der Waals surface area contributed by atoms with Crippen molar-refractivity contribution in [2.45, 2.75) is 12.5 Å². The molecule has 3 aromatic rings. The summed E-state index contributed by atoms with van der Waals surface area (Å²) in [6.07, 6.45) is 3.89. The number of nitrogens with zero attached hydrogens (tertiary/aromatic N) is 2. The summed E-state index contributed by atoms with van der Waals surface area (Å²) < 4.78 is 13.9. The minimum absolute atomic E-state index is 0.0756. The second-order valence-corrected chi connectivity index (χ2v) is 7.80. The van der Waals surface area contributed by atoms with E-state index in [1.807, 2.05) is 12.1 Å². The molecule has 1 aliphatic heterocycles. The Bertz CT molecular complexity index is 1110. The Morgan fingerprint density at radius 3 is 2.80 bits per heavy atom. The molecule has 0 spiro atoms. The zero-order chi connectivity index (χ0) is 21.3. The van der Waals surface area contributed by atoms with Crippen molar-refractivity contribution in [1.29, 1.82) is 0 Å². The highest BCUT2D eigenvalue weighted by Crippen LogP contribution is 2.33. The molecule has 30 heavy (non-hydrogen) atoms. The summed E-state index contributed by atoms with van der Waals surface area (Å²) >= 11 is 5.81. The number of carbonyl (C=O) groups is 1. The van der Waals surface area contributed by atoms with Crippen LogP contribution in [0.1, 0.15) is 27.5 Å². The van der Waals surface area contributed by atoms with E-state index < -0.39 is 11.8 Å². The average Bonchev–Trinajstić information content (AvgIpc) is 2.75. The Morgan fingerprint density at radius 1 is 1.27 bits per heavy atom. The molecule has 154 valence electrons. The van der Waals surface area contributed by atoms with Gasteiger partial charge in [0, 0.05) is 19.3 Å². The smallest absolute Gasteiger partial charge is 0.337 e. The molecule has 1 unspecified atom stereocenters. The SMILES string of the molecule is CN1CCc2cc(-c3ccc(Cl)c(F)c3)ccc2C1CNc1cnccc1C(=O)O. The molecular weight excluding hydrogens is 405 g/mol. The number of anilines is 1. The summed E-state index contributed by atoms with van der Waals surface area (Å²) in [6.45, 7) is 1.42. The fourth-order valence-electron chi connectivity index (χ4n) is 3.89. The van der Waals surface area contributed by atoms with Crippen molar-refractivity contribution in [1.82, 2.24) is 9.88 Å². The standard InChI is InChI=1S/C23H21ClFN3O2/c1-28-9-7-16-10-14(15-3-5-19(24)20(25)11-15)2-4-17(16)22(28)13-27-21-12-26-8-6-18(21)23(29)30/h2-6,8,10-12,22,27H,7,9,13H2,1H3,(H,29,30). The minimum Gasteiger partial charge on any atom is -0.478 e. The molecule has 0 bridgehead atoms. The lowest BCUT2D eigenvalue weighted by Gasteiger charge is -2.35. The predicted molar refractivity (Wildman–Crippen MR) is 116 cm³/mol. The van der Waals surface area contributed by atoms with Crippen LogP contribution in [0.4, 0.5) is 10.1 Å². The van der Waals surface area contributed by atoms with Gasteiger partial charge >= 0.3 is 5.97 Å². The van der Waals surface area contributed by atoms with Gasteiger partial charge in [0.25, 0.3) is 0 Å². The van der Waals surface area contributed by atoms with Crippen molar-refractivity contribution in [2.24, 2.45) is 0 Å². The molecule has 2 aromatic carbocycles. The number of carboxylic acids is 1. The summed E-state index contributed by atoms with van der Waals surface area (Å²) in [5, 5.41) is 12.7. The molecule has 0 radical (unpaired) electrons. The van der Waals surface area contributed by atoms with E-state index in [1.165, 1.54) is 35.7 Å². The largest absolute Gasteiger partial charge is 0.478 e. The number of nitrogens with one attached hydrogen (secondary N) is 1. The van der Waals surface area contributed by atoms with Gasteiger partial charge in [0.15, 0.2) is 0 Å². The van der Waals surface area contributed by atoms with E-state index in [0.29, 0.717) is 12.2 Å². The number of rotatable bonds is 5. The van der Waals surface area contributed by atoms with E-state index >= 15 is 0 Å². The molecule has 0 aliphatic carbocycles. The van der Waals surface area contributed by atoms with Crippen LogP contribution in [0.15, 0.2) is 54.9 Å². The van der Waals surface area contributed by atoms with Crippen LogP contribution in [0.5, 0.6) is 0 Å². The van der Waals surface area contributed by atoms with Crippen molar-refractivity contribution >= 4 is 23.3 Å². The Kier molecular flexibility index (Phi) is 5.70. The molecule has 1 aromatic heterocycles. The van der Waals surface area contributed by atoms with Gasteiger partial charge in [-0.25, -0.2) is 9.18 Å². The number of aromatic carboxylic acids is 1. The van der Waals surface area contributed by atoms with Crippen LogP contribution in [-0.4, -0.2) is 41.1 Å². The lowest BCUT2D eigenvalue weighted by molar-refractivity contribution is 0.0697. The molecule has 1 atom stereocenters. The zero-order valence-electron chi connectivity index (χ0n) is 16.4. The van der Waals surface area contributed by atoms with Gasteiger partial charge in [0.05, 0.1) is 28.5 Å². The van der Waals surface area contributed by atoms with E-state index in [0.717, 1.165) is 24.1 Å². The van der Waals surface area contributed by atoms with E-state index in [4.69, 9.17) is 11.6 Å². The second kappa shape index (κ2) is 8.42. The van der Waals surface area contributed by atoms with Gasteiger partial charge in [0.2, 0.25) is 0 Å². The van der Waals surface area contributed by atoms with Crippen molar-refractivity contribution in [3.05, 3.63) is 82.4 Å². The highest BCUT2D eigenvalue weighted by molar-refractivity contribution is 6.30. The van der Waals surface area contributed by atoms with Gasteiger partial charge in [-0.3, -0.25) is 9.88 Å². The van der Waals surface area contributed by atoms with E-state index in [-0.39, 0.29) is 16.6 Å². The van der Waals surface area contributed by atoms with Gasteiger partial charge in [-0.2, -0.15) is 0 Å². The molecule has 0 amide bonds. The highest BCUT2D eigenvalue weighted by Gasteiger charge is 2.25. The molecule has 4 rings (SSSR count). The Labute approximate surface area is 179 Å². The number of pyridine rings is 1. The van der Waals surface area contributed by atoms with Crippen molar-refractivity contribution in [2.75, 3.05) is 25.5 Å². The van der Waals surface area contributed by atoms with Crippen LogP contribution in [0.25, 0.3) is 11.1 Å². The first-order chi connectivity index (χ1) is 14.4. The fourth-order valence-corrected chi connectivity index (χ4v) is 4.00. The van der Waals surface area contributed by atoms with Gasteiger partial charge in [-0.15, -0.1) is 0 Å². The number of carboxylic acid groups (broad SMARTS) is 1. The normalized spacial score (nSPS) is 16.2. The summed E-state index contributed by atoms with van der Waals surface area (Å²) in [5.41, 5.74) is 4.81. The van der Waals surface area contributed by atoms with Gasteiger partial charge in [-0.05, 0) is 53.9 Å². The number of likely N-dealkylation sites (N-methyl/N-ethyl adjacent to an activating group) is 1.